The Bertz CT molecular complexity index is 600. The number of fused-ring (bicyclic) bond motifs is 1. The number of amides is 1. The van der Waals surface area contributed by atoms with Crippen LogP contribution in [0.15, 0.2) is 9.32 Å². The average Bonchev–Trinajstić information content (AvgIpc) is 2.99. The van der Waals surface area contributed by atoms with E-state index < -0.39 is 11.4 Å². The number of rotatable bonds is 1. The second kappa shape index (κ2) is 5.44. The predicted octanol–water partition coefficient (Wildman–Crippen LogP) is 2.46. The van der Waals surface area contributed by atoms with Crippen LogP contribution in [0.3, 0.4) is 0 Å². The van der Waals surface area contributed by atoms with Crippen molar-refractivity contribution >= 4 is 6.09 Å². The Morgan fingerprint density at radius 2 is 2.09 bits per heavy atom. The molecule has 1 aliphatic heterocycles. The molecule has 1 saturated heterocycles. The largest absolute Gasteiger partial charge is 0.444 e. The lowest BCUT2D eigenvalue weighted by Crippen LogP contribution is -2.37. The Labute approximate surface area is 129 Å². The van der Waals surface area contributed by atoms with E-state index >= 15 is 0 Å². The monoisotopic (exact) mass is 309 g/mol. The third-order valence-corrected chi connectivity index (χ3v) is 4.51. The standard InChI is InChI=1S/C15H23N3O4/c1-15(2,3)21-14(20)18-8-9-6-4-5-7-10(9)11(18)12-16-13(19)22-17-12/h9-11H,4-8H2,1-3H3,(H,16,17,19). The van der Waals surface area contributed by atoms with Gasteiger partial charge in [0.2, 0.25) is 0 Å². The normalized spacial score (nSPS) is 28.5. The first kappa shape index (κ1) is 15.1. The number of ether oxygens (including phenoxy) is 1. The molecule has 1 aromatic rings. The van der Waals surface area contributed by atoms with Gasteiger partial charge in [-0.25, -0.2) is 9.59 Å². The first-order valence-electron chi connectivity index (χ1n) is 7.90. The van der Waals surface area contributed by atoms with Crippen molar-refractivity contribution < 1.29 is 14.1 Å². The molecule has 22 heavy (non-hydrogen) atoms. The maximum atomic E-state index is 12.5. The number of hydrogen-bond acceptors (Lipinski definition) is 5. The minimum absolute atomic E-state index is 0.258. The van der Waals surface area contributed by atoms with Gasteiger partial charge in [0.15, 0.2) is 5.82 Å². The molecule has 3 rings (SSSR count). The quantitative estimate of drug-likeness (QED) is 0.861. The van der Waals surface area contributed by atoms with E-state index in [9.17, 15) is 9.59 Å². The number of nitrogens with zero attached hydrogens (tertiary/aromatic N) is 2. The van der Waals surface area contributed by atoms with E-state index in [1.165, 1.54) is 6.42 Å². The minimum Gasteiger partial charge on any atom is -0.444 e. The van der Waals surface area contributed by atoms with Crippen LogP contribution in [0.25, 0.3) is 0 Å². The summed E-state index contributed by atoms with van der Waals surface area (Å²) in [6.45, 7) is 6.20. The molecule has 0 spiro atoms. The smallest absolute Gasteiger partial charge is 0.438 e. The fourth-order valence-electron chi connectivity index (χ4n) is 3.70. The zero-order valence-electron chi connectivity index (χ0n) is 13.3. The lowest BCUT2D eigenvalue weighted by Gasteiger charge is -2.30. The zero-order valence-corrected chi connectivity index (χ0v) is 13.3. The van der Waals surface area contributed by atoms with Crippen molar-refractivity contribution in [3.05, 3.63) is 16.4 Å². The van der Waals surface area contributed by atoms with Crippen molar-refractivity contribution in [1.82, 2.24) is 15.0 Å². The molecule has 1 amide bonds. The molecule has 1 aromatic heterocycles. The van der Waals surface area contributed by atoms with Crippen molar-refractivity contribution in [3.63, 3.8) is 0 Å². The van der Waals surface area contributed by atoms with Gasteiger partial charge in [0.25, 0.3) is 0 Å². The van der Waals surface area contributed by atoms with Gasteiger partial charge in [-0.3, -0.25) is 14.4 Å². The molecule has 2 aliphatic rings. The fourth-order valence-corrected chi connectivity index (χ4v) is 3.70. The van der Waals surface area contributed by atoms with Crippen LogP contribution < -0.4 is 5.76 Å². The number of likely N-dealkylation sites (tertiary alicyclic amines) is 1. The molecule has 1 N–H and O–H groups in total. The molecule has 7 nitrogen and oxygen atoms in total. The number of nitrogens with one attached hydrogen (secondary N) is 1. The molecule has 0 aromatic carbocycles. The number of carbonyl (C=O) groups excluding carboxylic acids is 1. The molecule has 122 valence electrons. The topological polar surface area (TPSA) is 88.4 Å². The Morgan fingerprint density at radius 1 is 1.36 bits per heavy atom. The summed E-state index contributed by atoms with van der Waals surface area (Å²) < 4.78 is 10.2. The van der Waals surface area contributed by atoms with E-state index in [0.717, 1.165) is 19.3 Å². The van der Waals surface area contributed by atoms with Gasteiger partial charge in [0.05, 0.1) is 6.04 Å². The molecular formula is C15H23N3O4. The molecule has 2 heterocycles. The van der Waals surface area contributed by atoms with Crippen molar-refractivity contribution in [2.24, 2.45) is 11.8 Å². The van der Waals surface area contributed by atoms with Crippen LogP contribution in [-0.2, 0) is 4.74 Å². The fraction of sp³-hybridized carbons (Fsp3) is 0.800. The van der Waals surface area contributed by atoms with Crippen LogP contribution in [0, 0.1) is 11.8 Å². The van der Waals surface area contributed by atoms with Crippen LogP contribution in [0.5, 0.6) is 0 Å². The number of hydrogen-bond donors (Lipinski definition) is 1. The maximum Gasteiger partial charge on any atom is 0.438 e. The van der Waals surface area contributed by atoms with Crippen molar-refractivity contribution in [3.8, 4) is 0 Å². The van der Waals surface area contributed by atoms with Crippen LogP contribution in [0.4, 0.5) is 4.79 Å². The van der Waals surface area contributed by atoms with Gasteiger partial charge < -0.3 is 4.74 Å². The average molecular weight is 309 g/mol. The van der Waals surface area contributed by atoms with Crippen molar-refractivity contribution in [2.45, 2.75) is 58.1 Å². The molecule has 3 unspecified atom stereocenters. The van der Waals surface area contributed by atoms with Gasteiger partial charge in [-0.1, -0.05) is 18.0 Å². The summed E-state index contributed by atoms with van der Waals surface area (Å²) in [6.07, 6.45) is 4.11. The summed E-state index contributed by atoms with van der Waals surface area (Å²) in [6, 6.07) is -0.258. The van der Waals surface area contributed by atoms with E-state index in [4.69, 9.17) is 4.74 Å². The van der Waals surface area contributed by atoms with Crippen LogP contribution >= 0.6 is 0 Å². The van der Waals surface area contributed by atoms with Crippen molar-refractivity contribution in [2.75, 3.05) is 6.54 Å². The molecule has 3 atom stereocenters. The van der Waals surface area contributed by atoms with Crippen LogP contribution in [0.1, 0.15) is 58.3 Å². The van der Waals surface area contributed by atoms with E-state index in [1.807, 2.05) is 20.8 Å². The van der Waals surface area contributed by atoms with E-state index in [0.29, 0.717) is 24.2 Å². The number of carbonyl (C=O) groups is 1. The maximum absolute atomic E-state index is 12.5. The number of aromatic amines is 1. The lowest BCUT2D eigenvalue weighted by molar-refractivity contribution is 0.0193. The summed E-state index contributed by atoms with van der Waals surface area (Å²) in [7, 11) is 0. The third kappa shape index (κ3) is 2.89. The summed E-state index contributed by atoms with van der Waals surface area (Å²) in [4.78, 5) is 28.2. The molecular weight excluding hydrogens is 286 g/mol. The Kier molecular flexibility index (Phi) is 3.74. The molecule has 2 fully saturated rings. The van der Waals surface area contributed by atoms with Gasteiger partial charge in [-0.15, -0.1) is 0 Å². The highest BCUT2D eigenvalue weighted by atomic mass is 16.6. The third-order valence-electron chi connectivity index (χ3n) is 4.51. The van der Waals surface area contributed by atoms with E-state index in [-0.39, 0.29) is 12.1 Å². The van der Waals surface area contributed by atoms with Gasteiger partial charge in [-0.2, -0.15) is 0 Å². The minimum atomic E-state index is -0.585. The summed E-state index contributed by atoms with van der Waals surface area (Å²) in [5.41, 5.74) is -0.549. The van der Waals surface area contributed by atoms with Gasteiger partial charge in [0.1, 0.15) is 5.60 Å². The summed E-state index contributed by atoms with van der Waals surface area (Å²) >= 11 is 0. The molecule has 1 aliphatic carbocycles. The van der Waals surface area contributed by atoms with E-state index in [1.54, 1.807) is 4.90 Å². The Morgan fingerprint density at radius 3 is 2.73 bits per heavy atom. The van der Waals surface area contributed by atoms with Gasteiger partial charge in [-0.05, 0) is 45.4 Å². The number of aromatic nitrogens is 2. The molecule has 0 bridgehead atoms. The van der Waals surface area contributed by atoms with Crippen molar-refractivity contribution in [1.29, 1.82) is 0 Å². The highest BCUT2D eigenvalue weighted by Gasteiger charge is 2.48. The molecule has 1 saturated carbocycles. The first-order chi connectivity index (χ1) is 10.3. The highest BCUT2D eigenvalue weighted by molar-refractivity contribution is 5.69. The van der Waals surface area contributed by atoms with Gasteiger partial charge in [0, 0.05) is 6.54 Å². The second-order valence-corrected chi connectivity index (χ2v) is 7.27. The Hall–Kier alpha value is -1.79. The second-order valence-electron chi connectivity index (χ2n) is 7.27. The lowest BCUT2D eigenvalue weighted by atomic mass is 9.78. The first-order valence-corrected chi connectivity index (χ1v) is 7.90. The molecule has 0 radical (unpaired) electrons. The van der Waals surface area contributed by atoms with Gasteiger partial charge >= 0.3 is 11.8 Å². The highest BCUT2D eigenvalue weighted by Crippen LogP contribution is 2.47. The van der Waals surface area contributed by atoms with Crippen LogP contribution in [-0.4, -0.2) is 33.3 Å². The molecule has 7 heteroatoms. The SMILES string of the molecule is CC(C)(C)OC(=O)N1CC2CCCCC2C1c1noc(=O)[nH]1. The zero-order chi connectivity index (χ0) is 15.9. The van der Waals surface area contributed by atoms with Crippen LogP contribution in [0.2, 0.25) is 0 Å². The summed E-state index contributed by atoms with van der Waals surface area (Å²) in [5, 5.41) is 3.83. The number of H-pyrrole nitrogens is 1. The Balaban J connectivity index is 1.89. The van der Waals surface area contributed by atoms with E-state index in [2.05, 4.69) is 14.7 Å². The summed E-state index contributed by atoms with van der Waals surface area (Å²) in [5.74, 6) is 0.595. The predicted molar refractivity (Wildman–Crippen MR) is 78.3 cm³/mol.